The summed E-state index contributed by atoms with van der Waals surface area (Å²) in [7, 11) is 0. The van der Waals surface area contributed by atoms with E-state index in [0.717, 1.165) is 11.0 Å². The van der Waals surface area contributed by atoms with E-state index >= 15 is 0 Å². The van der Waals surface area contributed by atoms with Crippen LogP contribution in [0.5, 0.6) is 5.75 Å². The van der Waals surface area contributed by atoms with Crippen LogP contribution >= 0.6 is 0 Å². The molecule has 2 aromatic carbocycles. The molecule has 0 bridgehead atoms. The summed E-state index contributed by atoms with van der Waals surface area (Å²) in [6.45, 7) is 1.62. The number of phenolic OH excluding ortho intramolecular Hbond substituents is 1. The lowest BCUT2D eigenvalue weighted by molar-refractivity contribution is -0.137. The number of halogens is 3. The number of amides is 2. The van der Waals surface area contributed by atoms with Crippen molar-refractivity contribution in [2.75, 3.05) is 10.2 Å². The van der Waals surface area contributed by atoms with Crippen molar-refractivity contribution in [2.24, 2.45) is 0 Å². The van der Waals surface area contributed by atoms with E-state index < -0.39 is 29.6 Å². The molecule has 1 heterocycles. The van der Waals surface area contributed by atoms with Gasteiger partial charge in [-0.25, -0.2) is 4.90 Å². The fraction of sp³-hybridized carbons (Fsp3) is 0.222. The molecule has 1 fully saturated rings. The molecule has 5 nitrogen and oxygen atoms in total. The summed E-state index contributed by atoms with van der Waals surface area (Å²) in [4.78, 5) is 25.8. The van der Waals surface area contributed by atoms with Gasteiger partial charge < -0.3 is 10.4 Å². The molecule has 3 rings (SSSR count). The Morgan fingerprint density at radius 2 is 1.85 bits per heavy atom. The van der Waals surface area contributed by atoms with Crippen LogP contribution in [0.3, 0.4) is 0 Å². The molecule has 2 N–H and O–H groups in total. The van der Waals surface area contributed by atoms with Crippen LogP contribution in [-0.4, -0.2) is 23.0 Å². The van der Waals surface area contributed by atoms with Crippen LogP contribution in [0.4, 0.5) is 24.5 Å². The van der Waals surface area contributed by atoms with Crippen molar-refractivity contribution in [1.29, 1.82) is 0 Å². The van der Waals surface area contributed by atoms with E-state index in [1.165, 1.54) is 36.4 Å². The summed E-state index contributed by atoms with van der Waals surface area (Å²) >= 11 is 0. The summed E-state index contributed by atoms with van der Waals surface area (Å²) in [5.74, 6) is -1.18. The topological polar surface area (TPSA) is 69.6 Å². The predicted molar refractivity (Wildman–Crippen MR) is 88.8 cm³/mol. The molecule has 136 valence electrons. The van der Waals surface area contributed by atoms with Gasteiger partial charge in [-0.05, 0) is 42.8 Å². The summed E-state index contributed by atoms with van der Waals surface area (Å²) in [5, 5.41) is 12.0. The third kappa shape index (κ3) is 3.22. The van der Waals surface area contributed by atoms with Gasteiger partial charge in [0, 0.05) is 5.69 Å². The van der Waals surface area contributed by atoms with Gasteiger partial charge in [-0.2, -0.15) is 13.2 Å². The summed E-state index contributed by atoms with van der Waals surface area (Å²) in [5.41, 5.74) is -0.357. The van der Waals surface area contributed by atoms with Crippen LogP contribution in [0.25, 0.3) is 0 Å². The van der Waals surface area contributed by atoms with Gasteiger partial charge in [0.15, 0.2) is 0 Å². The van der Waals surface area contributed by atoms with Crippen molar-refractivity contribution in [3.05, 3.63) is 53.6 Å². The average Bonchev–Trinajstić information content (AvgIpc) is 2.82. The molecule has 0 saturated carbocycles. The Morgan fingerprint density at radius 1 is 1.15 bits per heavy atom. The van der Waals surface area contributed by atoms with Gasteiger partial charge in [-0.3, -0.25) is 9.59 Å². The number of benzene rings is 2. The van der Waals surface area contributed by atoms with Crippen molar-refractivity contribution < 1.29 is 27.9 Å². The zero-order valence-corrected chi connectivity index (χ0v) is 13.7. The molecule has 1 saturated heterocycles. The normalized spacial score (nSPS) is 17.7. The minimum atomic E-state index is -4.58. The standard InChI is InChI=1S/C18H15F3N2O3/c1-10-8-11(24)6-7-15(10)23-16(25)9-14(17(23)26)22-13-5-3-2-4-12(13)18(19,20)21/h2-8,14,22,24H,9H2,1H3. The fourth-order valence-electron chi connectivity index (χ4n) is 2.93. The third-order valence-electron chi connectivity index (χ3n) is 4.13. The molecule has 1 unspecified atom stereocenters. The van der Waals surface area contributed by atoms with Gasteiger partial charge in [0.05, 0.1) is 17.7 Å². The molecule has 1 atom stereocenters. The fourth-order valence-corrected chi connectivity index (χ4v) is 2.93. The highest BCUT2D eigenvalue weighted by molar-refractivity contribution is 6.23. The summed E-state index contributed by atoms with van der Waals surface area (Å²) in [6, 6.07) is 7.85. The van der Waals surface area contributed by atoms with Crippen LogP contribution in [0.1, 0.15) is 17.5 Å². The highest BCUT2D eigenvalue weighted by Crippen LogP contribution is 2.36. The number of hydrogen-bond donors (Lipinski definition) is 2. The maximum absolute atomic E-state index is 13.1. The largest absolute Gasteiger partial charge is 0.508 e. The first kappa shape index (κ1) is 17.8. The number of hydrogen-bond acceptors (Lipinski definition) is 4. The number of carbonyl (C=O) groups is 2. The van der Waals surface area contributed by atoms with Crippen molar-refractivity contribution in [3.8, 4) is 5.75 Å². The van der Waals surface area contributed by atoms with Gasteiger partial charge in [-0.15, -0.1) is 0 Å². The molecule has 0 aliphatic carbocycles. The number of phenols is 1. The van der Waals surface area contributed by atoms with E-state index in [0.29, 0.717) is 11.3 Å². The molecule has 8 heteroatoms. The second-order valence-electron chi connectivity index (χ2n) is 5.98. The van der Waals surface area contributed by atoms with Crippen LogP contribution in [0.2, 0.25) is 0 Å². The number of nitrogens with one attached hydrogen (secondary N) is 1. The zero-order chi connectivity index (χ0) is 19.1. The van der Waals surface area contributed by atoms with Crippen LogP contribution in [0.15, 0.2) is 42.5 Å². The van der Waals surface area contributed by atoms with E-state index in [1.807, 2.05) is 0 Å². The first-order valence-electron chi connectivity index (χ1n) is 7.77. The van der Waals surface area contributed by atoms with Crippen molar-refractivity contribution in [3.63, 3.8) is 0 Å². The minimum absolute atomic E-state index is 0.0147. The minimum Gasteiger partial charge on any atom is -0.508 e. The van der Waals surface area contributed by atoms with E-state index in [9.17, 15) is 27.9 Å². The van der Waals surface area contributed by atoms with Gasteiger partial charge >= 0.3 is 6.18 Å². The number of anilines is 2. The SMILES string of the molecule is Cc1cc(O)ccc1N1C(=O)CC(Nc2ccccc2C(F)(F)F)C1=O. The number of imide groups is 1. The molecule has 26 heavy (non-hydrogen) atoms. The first-order valence-corrected chi connectivity index (χ1v) is 7.77. The number of aromatic hydroxyl groups is 1. The lowest BCUT2D eigenvalue weighted by Gasteiger charge is -2.19. The van der Waals surface area contributed by atoms with E-state index in [1.54, 1.807) is 6.92 Å². The monoisotopic (exact) mass is 364 g/mol. The van der Waals surface area contributed by atoms with Crippen molar-refractivity contribution in [1.82, 2.24) is 0 Å². The Hall–Kier alpha value is -3.03. The highest BCUT2D eigenvalue weighted by Gasteiger charge is 2.41. The van der Waals surface area contributed by atoms with Crippen LogP contribution in [0, 0.1) is 6.92 Å². The highest BCUT2D eigenvalue weighted by atomic mass is 19.4. The zero-order valence-electron chi connectivity index (χ0n) is 13.7. The van der Waals surface area contributed by atoms with Gasteiger partial charge in [0.25, 0.3) is 5.91 Å². The molecule has 0 radical (unpaired) electrons. The Balaban J connectivity index is 1.89. The number of nitrogens with zero attached hydrogens (tertiary/aromatic N) is 1. The number of rotatable bonds is 3. The van der Waals surface area contributed by atoms with Gasteiger partial charge in [-0.1, -0.05) is 12.1 Å². The van der Waals surface area contributed by atoms with E-state index in [-0.39, 0.29) is 17.9 Å². The quantitative estimate of drug-likeness (QED) is 0.819. The molecular formula is C18H15F3N2O3. The number of para-hydroxylation sites is 1. The Bertz CT molecular complexity index is 880. The maximum Gasteiger partial charge on any atom is 0.418 e. The lowest BCUT2D eigenvalue weighted by atomic mass is 10.1. The Labute approximate surface area is 147 Å². The van der Waals surface area contributed by atoms with Crippen molar-refractivity contribution in [2.45, 2.75) is 25.6 Å². The molecule has 1 aliphatic heterocycles. The first-order chi connectivity index (χ1) is 12.2. The Morgan fingerprint density at radius 3 is 2.50 bits per heavy atom. The van der Waals surface area contributed by atoms with Crippen LogP contribution in [-0.2, 0) is 15.8 Å². The smallest absolute Gasteiger partial charge is 0.418 e. The van der Waals surface area contributed by atoms with Gasteiger partial charge in [0.2, 0.25) is 5.91 Å². The van der Waals surface area contributed by atoms with Crippen LogP contribution < -0.4 is 10.2 Å². The molecular weight excluding hydrogens is 349 g/mol. The molecule has 1 aliphatic rings. The second kappa shape index (κ2) is 6.36. The number of alkyl halides is 3. The maximum atomic E-state index is 13.1. The Kier molecular flexibility index (Phi) is 4.35. The third-order valence-corrected chi connectivity index (χ3v) is 4.13. The number of carbonyl (C=O) groups excluding carboxylic acids is 2. The van der Waals surface area contributed by atoms with Gasteiger partial charge in [0.1, 0.15) is 11.8 Å². The number of aryl methyl sites for hydroxylation is 1. The van der Waals surface area contributed by atoms with E-state index in [2.05, 4.69) is 5.32 Å². The van der Waals surface area contributed by atoms with E-state index in [4.69, 9.17) is 0 Å². The summed E-state index contributed by atoms with van der Waals surface area (Å²) in [6.07, 6.45) is -4.84. The molecule has 0 spiro atoms. The second-order valence-corrected chi connectivity index (χ2v) is 5.98. The molecule has 2 amide bonds. The predicted octanol–water partition coefficient (Wildman–Crippen LogP) is 3.46. The molecule has 2 aromatic rings. The summed E-state index contributed by atoms with van der Waals surface area (Å²) < 4.78 is 39.3. The molecule has 0 aromatic heterocycles. The van der Waals surface area contributed by atoms with Crippen molar-refractivity contribution >= 4 is 23.2 Å². The average molecular weight is 364 g/mol. The lowest BCUT2D eigenvalue weighted by Crippen LogP contribution is -2.35.